The van der Waals surface area contributed by atoms with E-state index >= 15 is 0 Å². The zero-order valence-electron chi connectivity index (χ0n) is 13.3. The molecule has 19 heavy (non-hydrogen) atoms. The van der Waals surface area contributed by atoms with E-state index < -0.39 is 0 Å². The number of rotatable bonds is 13. The third kappa shape index (κ3) is 12.3. The minimum absolute atomic E-state index is 0.323. The summed E-state index contributed by atoms with van der Waals surface area (Å²) in [5.41, 5.74) is 0. The molecule has 0 unspecified atom stereocenters. The number of unbranched alkanes of at least 4 members (excludes halogenated alkanes) is 9. The minimum atomic E-state index is 0.323. The molecule has 0 bridgehead atoms. The van der Waals surface area contributed by atoms with Crippen LogP contribution in [-0.2, 0) is 4.79 Å². The predicted molar refractivity (Wildman–Crippen MR) is 84.1 cm³/mol. The lowest BCUT2D eigenvalue weighted by atomic mass is 10.1. The van der Waals surface area contributed by atoms with Gasteiger partial charge in [0.25, 0.3) is 0 Å². The van der Waals surface area contributed by atoms with Crippen LogP contribution in [0.5, 0.6) is 0 Å². The van der Waals surface area contributed by atoms with Crippen LogP contribution < -0.4 is 0 Å². The highest BCUT2D eigenvalue weighted by molar-refractivity contribution is 5.75. The molecule has 0 saturated carbocycles. The summed E-state index contributed by atoms with van der Waals surface area (Å²) in [5.74, 6) is 0.323. The van der Waals surface area contributed by atoms with Crippen LogP contribution in [0.4, 0.5) is 0 Å². The van der Waals surface area contributed by atoms with Crippen LogP contribution in [-0.4, -0.2) is 24.4 Å². The summed E-state index contributed by atoms with van der Waals surface area (Å²) in [6, 6.07) is 0. The Labute approximate surface area is 120 Å². The van der Waals surface area contributed by atoms with Gasteiger partial charge in [-0.1, -0.05) is 71.6 Å². The highest BCUT2D eigenvalue weighted by atomic mass is 16.2. The number of carbonyl (C=O) groups excluding carboxylic acids is 1. The number of nitrogens with zero attached hydrogens (tertiary/aromatic N) is 1. The fraction of sp³-hybridized carbons (Fsp3) is 0.882. The van der Waals surface area contributed by atoms with E-state index in [0.29, 0.717) is 5.91 Å². The Hall–Kier alpha value is -0.530. The van der Waals surface area contributed by atoms with Crippen molar-refractivity contribution in [3.05, 3.63) is 6.92 Å². The number of carbonyl (C=O) groups is 1. The Morgan fingerprint density at radius 3 is 1.95 bits per heavy atom. The Bertz CT molecular complexity index is 203. The monoisotopic (exact) mass is 268 g/mol. The van der Waals surface area contributed by atoms with Gasteiger partial charge < -0.3 is 4.90 Å². The van der Waals surface area contributed by atoms with Gasteiger partial charge in [-0.05, 0) is 12.8 Å². The van der Waals surface area contributed by atoms with Crippen molar-refractivity contribution in [3.8, 4) is 0 Å². The van der Waals surface area contributed by atoms with Crippen molar-refractivity contribution in [2.75, 3.05) is 13.6 Å². The van der Waals surface area contributed by atoms with E-state index in [1.165, 1.54) is 44.9 Å². The van der Waals surface area contributed by atoms with Gasteiger partial charge in [-0.2, -0.15) is 0 Å². The first-order valence-electron chi connectivity index (χ1n) is 8.25. The van der Waals surface area contributed by atoms with Crippen molar-refractivity contribution in [1.82, 2.24) is 4.90 Å². The molecule has 0 aromatic rings. The van der Waals surface area contributed by atoms with Gasteiger partial charge >= 0.3 is 0 Å². The second kappa shape index (κ2) is 13.9. The minimum Gasteiger partial charge on any atom is -0.346 e. The predicted octanol–water partition coefficient (Wildman–Crippen LogP) is 4.98. The number of amides is 1. The SMILES string of the molecule is [CH2]CCCCCCCCCCC(=O)N(C)CCCC. The quantitative estimate of drug-likeness (QED) is 0.431. The second-order valence-corrected chi connectivity index (χ2v) is 5.60. The van der Waals surface area contributed by atoms with E-state index in [9.17, 15) is 4.79 Å². The van der Waals surface area contributed by atoms with Crippen molar-refractivity contribution in [1.29, 1.82) is 0 Å². The largest absolute Gasteiger partial charge is 0.346 e. The molecule has 0 saturated heterocycles. The van der Waals surface area contributed by atoms with E-state index in [1.807, 2.05) is 11.9 Å². The van der Waals surface area contributed by atoms with Gasteiger partial charge in [0.05, 0.1) is 0 Å². The molecule has 0 atom stereocenters. The fourth-order valence-electron chi connectivity index (χ4n) is 2.22. The Kier molecular flexibility index (Phi) is 13.5. The zero-order chi connectivity index (χ0) is 14.3. The highest BCUT2D eigenvalue weighted by Gasteiger charge is 2.06. The van der Waals surface area contributed by atoms with Crippen LogP contribution in [0.1, 0.15) is 84.0 Å². The van der Waals surface area contributed by atoms with Gasteiger partial charge in [0, 0.05) is 20.0 Å². The molecule has 2 nitrogen and oxygen atoms in total. The van der Waals surface area contributed by atoms with E-state index in [1.54, 1.807) is 0 Å². The summed E-state index contributed by atoms with van der Waals surface area (Å²) >= 11 is 0. The molecular weight excluding hydrogens is 234 g/mol. The molecule has 0 N–H and O–H groups in total. The normalized spacial score (nSPS) is 10.7. The summed E-state index contributed by atoms with van der Waals surface area (Å²) < 4.78 is 0. The summed E-state index contributed by atoms with van der Waals surface area (Å²) in [6.07, 6.45) is 14.3. The van der Waals surface area contributed by atoms with Gasteiger partial charge in [0.15, 0.2) is 0 Å². The number of hydrogen-bond acceptors (Lipinski definition) is 1. The van der Waals surface area contributed by atoms with Crippen LogP contribution in [0.15, 0.2) is 0 Å². The maximum atomic E-state index is 11.8. The fourth-order valence-corrected chi connectivity index (χ4v) is 2.22. The molecule has 0 aromatic heterocycles. The van der Waals surface area contributed by atoms with Gasteiger partial charge in [-0.3, -0.25) is 4.79 Å². The zero-order valence-corrected chi connectivity index (χ0v) is 13.3. The highest BCUT2D eigenvalue weighted by Crippen LogP contribution is 2.11. The smallest absolute Gasteiger partial charge is 0.222 e. The van der Waals surface area contributed by atoms with E-state index in [4.69, 9.17) is 0 Å². The first kappa shape index (κ1) is 18.5. The molecule has 0 aliphatic heterocycles. The lowest BCUT2D eigenvalue weighted by molar-refractivity contribution is -0.130. The van der Waals surface area contributed by atoms with Crippen molar-refractivity contribution < 1.29 is 4.79 Å². The van der Waals surface area contributed by atoms with Gasteiger partial charge in [-0.15, -0.1) is 0 Å². The second-order valence-electron chi connectivity index (χ2n) is 5.60. The van der Waals surface area contributed by atoms with E-state index in [0.717, 1.165) is 38.6 Å². The van der Waals surface area contributed by atoms with Crippen LogP contribution in [0.2, 0.25) is 0 Å². The average Bonchev–Trinajstić information content (AvgIpc) is 2.42. The first-order valence-corrected chi connectivity index (χ1v) is 8.25. The molecule has 1 amide bonds. The van der Waals surface area contributed by atoms with Crippen molar-refractivity contribution in [2.45, 2.75) is 84.0 Å². The van der Waals surface area contributed by atoms with Gasteiger partial charge in [0.2, 0.25) is 5.91 Å². The van der Waals surface area contributed by atoms with Crippen LogP contribution in [0, 0.1) is 6.92 Å². The molecule has 0 fully saturated rings. The van der Waals surface area contributed by atoms with Gasteiger partial charge in [-0.25, -0.2) is 0 Å². The molecule has 0 spiro atoms. The topological polar surface area (TPSA) is 20.3 Å². The molecule has 0 rings (SSSR count). The molecule has 2 heteroatoms. The molecule has 1 radical (unpaired) electrons. The third-order valence-corrected chi connectivity index (χ3v) is 3.66. The summed E-state index contributed by atoms with van der Waals surface area (Å²) in [5, 5.41) is 0. The van der Waals surface area contributed by atoms with Crippen LogP contribution in [0.3, 0.4) is 0 Å². The van der Waals surface area contributed by atoms with Crippen molar-refractivity contribution in [2.24, 2.45) is 0 Å². The lowest BCUT2D eigenvalue weighted by Crippen LogP contribution is -2.27. The third-order valence-electron chi connectivity index (χ3n) is 3.66. The Morgan fingerprint density at radius 1 is 0.895 bits per heavy atom. The Morgan fingerprint density at radius 2 is 1.42 bits per heavy atom. The summed E-state index contributed by atoms with van der Waals surface area (Å²) in [7, 11) is 1.93. The molecule has 0 aliphatic rings. The Balaban J connectivity index is 3.27. The average molecular weight is 268 g/mol. The van der Waals surface area contributed by atoms with Crippen molar-refractivity contribution in [3.63, 3.8) is 0 Å². The summed E-state index contributed by atoms with van der Waals surface area (Å²) in [4.78, 5) is 13.7. The van der Waals surface area contributed by atoms with Crippen LogP contribution in [0.25, 0.3) is 0 Å². The summed E-state index contributed by atoms with van der Waals surface area (Å²) in [6.45, 7) is 6.94. The molecular formula is C17H34NO. The lowest BCUT2D eigenvalue weighted by Gasteiger charge is -2.16. The van der Waals surface area contributed by atoms with E-state index in [-0.39, 0.29) is 0 Å². The van der Waals surface area contributed by atoms with E-state index in [2.05, 4.69) is 13.8 Å². The molecule has 0 heterocycles. The molecule has 0 aliphatic carbocycles. The van der Waals surface area contributed by atoms with Gasteiger partial charge in [0.1, 0.15) is 0 Å². The molecule has 0 aromatic carbocycles. The standard InChI is InChI=1S/C17H34NO/c1-4-6-8-9-10-11-12-13-14-15-17(19)18(3)16-7-5-2/h1,4-16H2,2-3H3. The first-order chi connectivity index (χ1) is 9.22. The maximum Gasteiger partial charge on any atom is 0.222 e. The molecule has 113 valence electrons. The van der Waals surface area contributed by atoms with Crippen LogP contribution >= 0.6 is 0 Å². The van der Waals surface area contributed by atoms with Crippen molar-refractivity contribution >= 4 is 5.91 Å². The maximum absolute atomic E-state index is 11.8. The number of hydrogen-bond donors (Lipinski definition) is 0.